The van der Waals surface area contributed by atoms with Crippen LogP contribution in [0.5, 0.6) is 0 Å². The van der Waals surface area contributed by atoms with Crippen LogP contribution in [0.4, 0.5) is 65.9 Å². The molecular formula is C24H18BF15NSi2-. The van der Waals surface area contributed by atoms with Gasteiger partial charge in [0.25, 0.3) is 0 Å². The number of rotatable bonds is 7. The Morgan fingerprint density at radius 2 is 0.558 bits per heavy atom. The average Bonchev–Trinajstić information content (AvgIpc) is 2.89. The van der Waals surface area contributed by atoms with E-state index in [-0.39, 0.29) is 0 Å². The molecule has 0 heterocycles. The molecule has 236 valence electrons. The first kappa shape index (κ1) is 34.6. The maximum absolute atomic E-state index is 15.6. The highest BCUT2D eigenvalue weighted by Crippen LogP contribution is 2.32. The summed E-state index contributed by atoms with van der Waals surface area (Å²) in [4.78, 5) is 0. The number of benzene rings is 3. The lowest BCUT2D eigenvalue weighted by atomic mass is 9.16. The van der Waals surface area contributed by atoms with Crippen molar-refractivity contribution in [3.8, 4) is 0 Å². The van der Waals surface area contributed by atoms with Crippen molar-refractivity contribution in [3.05, 3.63) is 87.3 Å². The standard InChI is InChI=1S/C24H18BF15NSi2/c1-42(2,3)41-43(4,5)6-25(7-10(26)16(32)22(38)17(33)11(7)27,8-12(28)18(34)23(39)19(35)13(8)29)9-14(30)20(36)24(40)21(37)15(9)31/h41H,6H2,1-5H3/q-1. The second kappa shape index (κ2) is 11.2. The molecule has 0 spiro atoms. The van der Waals surface area contributed by atoms with Crippen LogP contribution in [0, 0.1) is 87.3 Å². The lowest BCUT2D eigenvalue weighted by molar-refractivity contribution is 0.379. The third kappa shape index (κ3) is 5.47. The fourth-order valence-corrected chi connectivity index (χ4v) is 16.4. The normalized spacial score (nSPS) is 12.8. The van der Waals surface area contributed by atoms with Crippen molar-refractivity contribution >= 4 is 39.0 Å². The van der Waals surface area contributed by atoms with Crippen molar-refractivity contribution in [3.63, 3.8) is 0 Å². The van der Waals surface area contributed by atoms with Gasteiger partial charge in [0.15, 0.2) is 52.4 Å². The third-order valence-electron chi connectivity index (χ3n) is 6.74. The van der Waals surface area contributed by atoms with Crippen LogP contribution in [0.1, 0.15) is 0 Å². The zero-order valence-electron chi connectivity index (χ0n) is 22.5. The van der Waals surface area contributed by atoms with E-state index in [0.717, 1.165) is 13.1 Å². The molecule has 0 aromatic heterocycles. The van der Waals surface area contributed by atoms with E-state index in [0.29, 0.717) is 0 Å². The van der Waals surface area contributed by atoms with Crippen molar-refractivity contribution in [2.75, 3.05) is 0 Å². The molecule has 0 aliphatic carbocycles. The van der Waals surface area contributed by atoms with Gasteiger partial charge < -0.3 is 4.65 Å². The minimum Gasteiger partial charge on any atom is -0.362 e. The van der Waals surface area contributed by atoms with E-state index < -0.39 is 132 Å². The Hall–Kier alpha value is -2.93. The molecule has 0 saturated carbocycles. The number of hydrogen-bond donors (Lipinski definition) is 1. The molecule has 3 aromatic rings. The van der Waals surface area contributed by atoms with E-state index in [4.69, 9.17) is 0 Å². The largest absolute Gasteiger partial charge is 0.362 e. The maximum Gasteiger partial charge on any atom is 0.200 e. The number of hydrogen-bond acceptors (Lipinski definition) is 1. The Labute approximate surface area is 235 Å². The smallest absolute Gasteiger partial charge is 0.200 e. The SMILES string of the molecule is C[Si](C)(C)N[Si](C)(C)C[B-](c1c(F)c(F)c(F)c(F)c1F)(c1c(F)c(F)c(F)c(F)c1F)c1c(F)c(F)c(F)c(F)c1F. The van der Waals surface area contributed by atoms with E-state index >= 15 is 26.3 Å². The Kier molecular flexibility index (Phi) is 9.01. The zero-order chi connectivity index (χ0) is 33.3. The first-order valence-electron chi connectivity index (χ1n) is 12.0. The highest BCUT2D eigenvalue weighted by molar-refractivity contribution is 7.18. The van der Waals surface area contributed by atoms with Gasteiger partial charge in [-0.25, -0.2) is 65.9 Å². The van der Waals surface area contributed by atoms with Gasteiger partial charge in [-0.2, -0.15) is 5.94 Å². The molecule has 43 heavy (non-hydrogen) atoms. The van der Waals surface area contributed by atoms with Gasteiger partial charge in [0.2, 0.25) is 0 Å². The second-order valence-electron chi connectivity index (χ2n) is 11.5. The molecule has 1 N–H and O–H groups in total. The van der Waals surface area contributed by atoms with Crippen LogP contribution in [0.25, 0.3) is 0 Å². The fourth-order valence-electron chi connectivity index (χ4n) is 5.73. The topological polar surface area (TPSA) is 12.0 Å². The molecule has 1 nitrogen and oxygen atoms in total. The molecule has 3 rings (SSSR count). The molecule has 0 saturated heterocycles. The van der Waals surface area contributed by atoms with E-state index in [9.17, 15) is 39.5 Å². The van der Waals surface area contributed by atoms with Gasteiger partial charge in [0.1, 0.15) is 49.3 Å². The predicted molar refractivity (Wildman–Crippen MR) is 132 cm³/mol. The molecule has 0 bridgehead atoms. The summed E-state index contributed by atoms with van der Waals surface area (Å²) in [5, 5.41) is 0. The lowest BCUT2D eigenvalue weighted by Gasteiger charge is -2.49. The van der Waals surface area contributed by atoms with Crippen molar-refractivity contribution in [1.29, 1.82) is 0 Å². The predicted octanol–water partition coefficient (Wildman–Crippen LogP) is 6.41. The summed E-state index contributed by atoms with van der Waals surface area (Å²) in [6.45, 7) is 6.81. The Morgan fingerprint density at radius 3 is 0.744 bits per heavy atom. The monoisotopic (exact) mass is 672 g/mol. The molecule has 0 amide bonds. The molecule has 19 heteroatoms. The number of halogens is 15. The van der Waals surface area contributed by atoms with Crippen molar-refractivity contribution in [2.24, 2.45) is 0 Å². The summed E-state index contributed by atoms with van der Waals surface area (Å²) in [6, 6.07) is 0. The summed E-state index contributed by atoms with van der Waals surface area (Å²) in [7, 11) is -6.72. The van der Waals surface area contributed by atoms with Crippen LogP contribution in [0.3, 0.4) is 0 Å². The third-order valence-corrected chi connectivity index (χ3v) is 14.1. The van der Waals surface area contributed by atoms with E-state index in [1.54, 1.807) is 0 Å². The van der Waals surface area contributed by atoms with Gasteiger partial charge in [-0.3, -0.25) is 0 Å². The van der Waals surface area contributed by atoms with Gasteiger partial charge in [-0.15, -0.1) is 16.4 Å². The summed E-state index contributed by atoms with van der Waals surface area (Å²) < 4.78 is 226. The van der Waals surface area contributed by atoms with Crippen LogP contribution in [-0.2, 0) is 0 Å². The quantitative estimate of drug-likeness (QED) is 0.133. The van der Waals surface area contributed by atoms with Crippen molar-refractivity contribution in [1.82, 2.24) is 4.65 Å². The highest BCUT2D eigenvalue weighted by atomic mass is 28.4. The van der Waals surface area contributed by atoms with Gasteiger partial charge in [-0.1, -0.05) is 32.7 Å². The van der Waals surface area contributed by atoms with Crippen LogP contribution in [0.15, 0.2) is 0 Å². The molecule has 0 fully saturated rings. The Morgan fingerprint density at radius 1 is 0.372 bits per heavy atom. The molecule has 0 radical (unpaired) electrons. The van der Waals surface area contributed by atoms with Gasteiger partial charge >= 0.3 is 0 Å². The van der Waals surface area contributed by atoms with Gasteiger partial charge in [0, 0.05) is 0 Å². The average molecular weight is 672 g/mol. The molecule has 0 aliphatic heterocycles. The van der Waals surface area contributed by atoms with Crippen LogP contribution >= 0.6 is 0 Å². The van der Waals surface area contributed by atoms with E-state index in [1.165, 1.54) is 19.6 Å². The van der Waals surface area contributed by atoms with Crippen LogP contribution in [-0.4, -0.2) is 22.6 Å². The van der Waals surface area contributed by atoms with E-state index in [1.807, 2.05) is 0 Å². The zero-order valence-corrected chi connectivity index (χ0v) is 24.5. The first-order chi connectivity index (χ1) is 19.4. The van der Waals surface area contributed by atoms with Gasteiger partial charge in [0.05, 0.1) is 8.24 Å². The maximum atomic E-state index is 15.6. The summed E-state index contributed by atoms with van der Waals surface area (Å²) in [6.07, 6.45) is -5.54. The van der Waals surface area contributed by atoms with Crippen LogP contribution < -0.4 is 21.0 Å². The van der Waals surface area contributed by atoms with Crippen molar-refractivity contribution < 1.29 is 65.9 Å². The summed E-state index contributed by atoms with van der Waals surface area (Å²) >= 11 is 0. The van der Waals surface area contributed by atoms with Crippen LogP contribution in [0.2, 0.25) is 38.7 Å². The molecule has 0 atom stereocenters. The van der Waals surface area contributed by atoms with Gasteiger partial charge in [-0.05, 0) is 0 Å². The summed E-state index contributed by atoms with van der Waals surface area (Å²) in [5.74, 6) is -46.3. The molecular weight excluding hydrogens is 654 g/mol. The lowest BCUT2D eigenvalue weighted by Crippen LogP contribution is -2.77. The Balaban J connectivity index is 2.91. The molecule has 0 aliphatic rings. The minimum atomic E-state index is -5.54. The molecule has 3 aromatic carbocycles. The molecule has 0 unspecified atom stereocenters. The first-order valence-corrected chi connectivity index (χ1v) is 18.7. The van der Waals surface area contributed by atoms with E-state index in [2.05, 4.69) is 4.65 Å². The van der Waals surface area contributed by atoms with Crippen molar-refractivity contribution in [2.45, 2.75) is 38.7 Å². The second-order valence-corrected chi connectivity index (χ2v) is 21.1. The summed E-state index contributed by atoms with van der Waals surface area (Å²) in [5.41, 5.74) is -7.71. The fraction of sp³-hybridized carbons (Fsp3) is 0.250. The Bertz CT molecular complexity index is 1400. The minimum absolute atomic E-state index is 1.10. The number of nitrogens with one attached hydrogen (secondary N) is 1. The highest BCUT2D eigenvalue weighted by Gasteiger charge is 2.50.